The maximum atomic E-state index is 10.7. The predicted octanol–water partition coefficient (Wildman–Crippen LogP) is 0.820. The maximum absolute atomic E-state index is 10.7. The number of phenolic OH excluding ortho intramolecular Hbond substituents is 1. The first kappa shape index (κ1) is 11.2. The molecule has 5 heteroatoms. The van der Waals surface area contributed by atoms with Crippen molar-refractivity contribution < 1.29 is 15.0 Å². The Bertz CT molecular complexity index is 390. The standard InChI is InChI=1S/C10H14N2O3/c1-5(10(14)15)2-6-3-7(13)4-8(11)9(6)12/h3-5,13H,2,11-12H2,1H3,(H,14,15). The number of anilines is 2. The number of phenols is 1. The van der Waals surface area contributed by atoms with Gasteiger partial charge in [0.2, 0.25) is 0 Å². The summed E-state index contributed by atoms with van der Waals surface area (Å²) in [4.78, 5) is 10.7. The molecule has 0 bridgehead atoms. The summed E-state index contributed by atoms with van der Waals surface area (Å²) in [6.07, 6.45) is 0.250. The highest BCUT2D eigenvalue weighted by Crippen LogP contribution is 2.27. The van der Waals surface area contributed by atoms with Gasteiger partial charge < -0.3 is 21.7 Å². The van der Waals surface area contributed by atoms with Crippen LogP contribution in [0.5, 0.6) is 5.75 Å². The van der Waals surface area contributed by atoms with Crippen LogP contribution in [-0.4, -0.2) is 16.2 Å². The first-order valence-corrected chi connectivity index (χ1v) is 4.51. The summed E-state index contributed by atoms with van der Waals surface area (Å²) in [5.41, 5.74) is 12.4. The van der Waals surface area contributed by atoms with Crippen molar-refractivity contribution in [1.29, 1.82) is 0 Å². The van der Waals surface area contributed by atoms with Crippen LogP contribution in [0.25, 0.3) is 0 Å². The summed E-state index contributed by atoms with van der Waals surface area (Å²) >= 11 is 0. The first-order chi connectivity index (χ1) is 6.91. The van der Waals surface area contributed by atoms with Gasteiger partial charge in [0.1, 0.15) is 5.75 Å². The molecule has 0 aliphatic carbocycles. The van der Waals surface area contributed by atoms with Crippen LogP contribution in [0.4, 0.5) is 11.4 Å². The molecule has 82 valence electrons. The molecule has 1 aromatic carbocycles. The summed E-state index contributed by atoms with van der Waals surface area (Å²) in [6, 6.07) is 2.77. The number of carbonyl (C=O) groups is 1. The number of aliphatic carboxylic acids is 1. The van der Waals surface area contributed by atoms with Crippen molar-refractivity contribution in [2.45, 2.75) is 13.3 Å². The number of rotatable bonds is 3. The Morgan fingerprint density at radius 2 is 2.07 bits per heavy atom. The lowest BCUT2D eigenvalue weighted by Gasteiger charge is -2.11. The Balaban J connectivity index is 2.99. The SMILES string of the molecule is CC(Cc1cc(O)cc(N)c1N)C(=O)O. The van der Waals surface area contributed by atoms with E-state index in [1.807, 2.05) is 0 Å². The van der Waals surface area contributed by atoms with Crippen molar-refractivity contribution in [3.05, 3.63) is 17.7 Å². The van der Waals surface area contributed by atoms with Crippen LogP contribution in [0.1, 0.15) is 12.5 Å². The monoisotopic (exact) mass is 210 g/mol. The third kappa shape index (κ3) is 2.52. The van der Waals surface area contributed by atoms with Crippen LogP contribution >= 0.6 is 0 Å². The van der Waals surface area contributed by atoms with E-state index in [2.05, 4.69) is 0 Å². The van der Waals surface area contributed by atoms with Gasteiger partial charge in [-0.3, -0.25) is 4.79 Å². The van der Waals surface area contributed by atoms with Gasteiger partial charge in [0, 0.05) is 6.07 Å². The minimum Gasteiger partial charge on any atom is -0.508 e. The second kappa shape index (κ2) is 4.08. The highest BCUT2D eigenvalue weighted by molar-refractivity contribution is 5.73. The minimum atomic E-state index is -0.906. The molecule has 0 saturated carbocycles. The lowest BCUT2D eigenvalue weighted by molar-refractivity contribution is -0.141. The Labute approximate surface area is 87.3 Å². The summed E-state index contributed by atoms with van der Waals surface area (Å²) in [5, 5.41) is 18.0. The fourth-order valence-corrected chi connectivity index (χ4v) is 1.31. The van der Waals surface area contributed by atoms with Crippen molar-refractivity contribution >= 4 is 17.3 Å². The molecule has 1 atom stereocenters. The number of nitrogens with two attached hydrogens (primary N) is 2. The fourth-order valence-electron chi connectivity index (χ4n) is 1.31. The van der Waals surface area contributed by atoms with Gasteiger partial charge >= 0.3 is 5.97 Å². The lowest BCUT2D eigenvalue weighted by Crippen LogP contribution is -2.13. The van der Waals surface area contributed by atoms with E-state index in [9.17, 15) is 9.90 Å². The molecular weight excluding hydrogens is 196 g/mol. The van der Waals surface area contributed by atoms with Crippen LogP contribution in [-0.2, 0) is 11.2 Å². The molecule has 15 heavy (non-hydrogen) atoms. The number of hydrogen-bond acceptors (Lipinski definition) is 4. The first-order valence-electron chi connectivity index (χ1n) is 4.51. The molecule has 0 aliphatic heterocycles. The molecule has 1 unspecified atom stereocenters. The molecule has 0 aromatic heterocycles. The number of hydrogen-bond donors (Lipinski definition) is 4. The van der Waals surface area contributed by atoms with Crippen LogP contribution in [0.3, 0.4) is 0 Å². The zero-order valence-electron chi connectivity index (χ0n) is 8.40. The summed E-state index contributed by atoms with van der Waals surface area (Å²) in [5.74, 6) is -1.47. The summed E-state index contributed by atoms with van der Waals surface area (Å²) < 4.78 is 0. The maximum Gasteiger partial charge on any atom is 0.306 e. The van der Waals surface area contributed by atoms with Crippen molar-refractivity contribution in [3.63, 3.8) is 0 Å². The van der Waals surface area contributed by atoms with Crippen molar-refractivity contribution in [3.8, 4) is 5.75 Å². The van der Waals surface area contributed by atoms with Crippen LogP contribution in [0, 0.1) is 5.92 Å². The quantitative estimate of drug-likeness (QED) is 0.436. The van der Waals surface area contributed by atoms with E-state index in [1.54, 1.807) is 6.92 Å². The second-order valence-electron chi connectivity index (χ2n) is 3.55. The largest absolute Gasteiger partial charge is 0.508 e. The molecule has 0 heterocycles. The van der Waals surface area contributed by atoms with Gasteiger partial charge in [0.05, 0.1) is 17.3 Å². The normalized spacial score (nSPS) is 12.3. The second-order valence-corrected chi connectivity index (χ2v) is 3.55. The van der Waals surface area contributed by atoms with Gasteiger partial charge in [-0.05, 0) is 18.1 Å². The molecular formula is C10H14N2O3. The Hall–Kier alpha value is -1.91. The Morgan fingerprint density at radius 1 is 1.47 bits per heavy atom. The average molecular weight is 210 g/mol. The van der Waals surface area contributed by atoms with Crippen molar-refractivity contribution in [1.82, 2.24) is 0 Å². The van der Waals surface area contributed by atoms with E-state index in [1.165, 1.54) is 12.1 Å². The van der Waals surface area contributed by atoms with Crippen molar-refractivity contribution in [2.24, 2.45) is 5.92 Å². The minimum absolute atomic E-state index is 0.00529. The molecule has 0 aliphatic rings. The lowest BCUT2D eigenvalue weighted by atomic mass is 9.99. The summed E-state index contributed by atoms with van der Waals surface area (Å²) in [6.45, 7) is 1.57. The molecule has 0 spiro atoms. The number of nitrogen functional groups attached to an aromatic ring is 2. The van der Waals surface area contributed by atoms with Crippen LogP contribution < -0.4 is 11.5 Å². The Kier molecular flexibility index (Phi) is 3.04. The molecule has 1 aromatic rings. The molecule has 0 amide bonds. The number of benzene rings is 1. The van der Waals surface area contributed by atoms with E-state index in [0.29, 0.717) is 11.3 Å². The smallest absolute Gasteiger partial charge is 0.306 e. The molecule has 6 N–H and O–H groups in total. The topological polar surface area (TPSA) is 110 Å². The zero-order valence-corrected chi connectivity index (χ0v) is 8.40. The highest BCUT2D eigenvalue weighted by Gasteiger charge is 2.15. The van der Waals surface area contributed by atoms with Gasteiger partial charge in [-0.2, -0.15) is 0 Å². The molecule has 0 radical (unpaired) electrons. The predicted molar refractivity (Wildman–Crippen MR) is 57.4 cm³/mol. The molecule has 0 fully saturated rings. The third-order valence-electron chi connectivity index (χ3n) is 2.23. The number of carboxylic acids is 1. The summed E-state index contributed by atoms with van der Waals surface area (Å²) in [7, 11) is 0. The third-order valence-corrected chi connectivity index (χ3v) is 2.23. The van der Waals surface area contributed by atoms with E-state index >= 15 is 0 Å². The fraction of sp³-hybridized carbons (Fsp3) is 0.300. The van der Waals surface area contributed by atoms with Crippen LogP contribution in [0.2, 0.25) is 0 Å². The van der Waals surface area contributed by atoms with Gasteiger partial charge in [-0.15, -0.1) is 0 Å². The number of carboxylic acid groups (broad SMARTS) is 1. The Morgan fingerprint density at radius 3 is 2.60 bits per heavy atom. The van der Waals surface area contributed by atoms with E-state index in [4.69, 9.17) is 16.6 Å². The van der Waals surface area contributed by atoms with Crippen LogP contribution in [0.15, 0.2) is 12.1 Å². The van der Waals surface area contributed by atoms with Gasteiger partial charge in [0.25, 0.3) is 0 Å². The number of aromatic hydroxyl groups is 1. The van der Waals surface area contributed by atoms with Gasteiger partial charge in [-0.25, -0.2) is 0 Å². The average Bonchev–Trinajstić information content (AvgIpc) is 2.13. The zero-order chi connectivity index (χ0) is 11.6. The molecule has 0 saturated heterocycles. The van der Waals surface area contributed by atoms with Gasteiger partial charge in [-0.1, -0.05) is 6.92 Å². The highest BCUT2D eigenvalue weighted by atomic mass is 16.4. The van der Waals surface area contributed by atoms with Crippen molar-refractivity contribution in [2.75, 3.05) is 11.5 Å². The van der Waals surface area contributed by atoms with E-state index < -0.39 is 11.9 Å². The van der Waals surface area contributed by atoms with Gasteiger partial charge in [0.15, 0.2) is 0 Å². The van der Waals surface area contributed by atoms with E-state index in [0.717, 1.165) is 0 Å². The molecule has 5 nitrogen and oxygen atoms in total. The van der Waals surface area contributed by atoms with E-state index in [-0.39, 0.29) is 17.9 Å². The molecule has 1 rings (SSSR count).